The summed E-state index contributed by atoms with van der Waals surface area (Å²) in [5, 5.41) is 9.75. The van der Waals surface area contributed by atoms with Gasteiger partial charge in [0.15, 0.2) is 0 Å². The highest BCUT2D eigenvalue weighted by Crippen LogP contribution is 2.29. The van der Waals surface area contributed by atoms with Crippen LogP contribution in [0.4, 0.5) is 0 Å². The van der Waals surface area contributed by atoms with Gasteiger partial charge in [-0.1, -0.05) is 42.5 Å². The van der Waals surface area contributed by atoms with E-state index < -0.39 is 12.0 Å². The lowest BCUT2D eigenvalue weighted by Crippen LogP contribution is -2.48. The zero-order valence-electron chi connectivity index (χ0n) is 19.0. The number of ether oxygens (including phenoxy) is 1. The summed E-state index contributed by atoms with van der Waals surface area (Å²) in [6.07, 6.45) is 2.47. The van der Waals surface area contributed by atoms with E-state index in [9.17, 15) is 14.7 Å². The molecule has 7 nitrogen and oxygen atoms in total. The first-order valence-corrected chi connectivity index (χ1v) is 11.4. The molecule has 0 bridgehead atoms. The predicted molar refractivity (Wildman–Crippen MR) is 129 cm³/mol. The molecule has 0 radical (unpaired) electrons. The molecule has 2 heterocycles. The van der Waals surface area contributed by atoms with Gasteiger partial charge in [-0.25, -0.2) is 9.78 Å². The number of nitrogens with zero attached hydrogens (tertiary/aromatic N) is 2. The Morgan fingerprint density at radius 2 is 1.74 bits per heavy atom. The lowest BCUT2D eigenvalue weighted by Gasteiger charge is -2.34. The van der Waals surface area contributed by atoms with Gasteiger partial charge in [-0.2, -0.15) is 0 Å². The Morgan fingerprint density at radius 1 is 1.00 bits per heavy atom. The Morgan fingerprint density at radius 3 is 2.49 bits per heavy atom. The maximum Gasteiger partial charge on any atom is 0.326 e. The largest absolute Gasteiger partial charge is 0.493 e. The van der Waals surface area contributed by atoms with Crippen molar-refractivity contribution in [1.82, 2.24) is 9.88 Å². The molecule has 0 saturated carbocycles. The first-order chi connectivity index (χ1) is 17.1. The quantitative estimate of drug-likeness (QED) is 0.426. The van der Waals surface area contributed by atoms with Crippen LogP contribution < -0.4 is 4.74 Å². The Hall–Kier alpha value is -4.39. The number of aromatic nitrogens is 1. The fraction of sp³-hybridized carbons (Fsp3) is 0.179. The molecule has 1 atom stereocenters. The minimum absolute atomic E-state index is 0.209. The lowest BCUT2D eigenvalue weighted by molar-refractivity contribution is -0.142. The van der Waals surface area contributed by atoms with Gasteiger partial charge in [0.1, 0.15) is 18.1 Å². The molecule has 1 amide bonds. The van der Waals surface area contributed by atoms with E-state index in [1.165, 1.54) is 4.90 Å². The number of carbonyl (C=O) groups is 2. The number of fused-ring (bicyclic) bond motifs is 1. The van der Waals surface area contributed by atoms with Gasteiger partial charge >= 0.3 is 5.97 Å². The number of carbonyl (C=O) groups excluding carboxylic acids is 1. The van der Waals surface area contributed by atoms with Crippen LogP contribution in [0.15, 0.2) is 89.5 Å². The SMILES string of the molecule is O=C(O)C1Cc2ccc(OCCc3coc(-c4ccccc4)n3)cc2CN1C(=O)c1ccccc1. The van der Waals surface area contributed by atoms with Gasteiger partial charge in [-0.15, -0.1) is 0 Å². The molecule has 1 aromatic heterocycles. The number of amides is 1. The van der Waals surface area contributed by atoms with E-state index in [1.54, 1.807) is 30.5 Å². The van der Waals surface area contributed by atoms with E-state index in [0.717, 1.165) is 22.4 Å². The standard InChI is InChI=1S/C28H24N2O5/c31-27(20-9-5-2-6-10-20)30-17-22-15-24(12-11-21(22)16-25(30)28(32)33)34-14-13-23-18-35-26(29-23)19-7-3-1-4-8-19/h1-12,15,18,25H,13-14,16-17H2,(H,32,33). The van der Waals surface area contributed by atoms with Crippen LogP contribution in [-0.4, -0.2) is 39.5 Å². The van der Waals surface area contributed by atoms with E-state index in [1.807, 2.05) is 54.6 Å². The number of hydrogen-bond acceptors (Lipinski definition) is 5. The fourth-order valence-corrected chi connectivity index (χ4v) is 4.24. The molecule has 1 aliphatic heterocycles. The molecule has 0 saturated heterocycles. The summed E-state index contributed by atoms with van der Waals surface area (Å²) in [7, 11) is 0. The van der Waals surface area contributed by atoms with Gasteiger partial charge in [-0.05, 0) is 47.5 Å². The normalized spacial score (nSPS) is 14.9. The van der Waals surface area contributed by atoms with Crippen LogP contribution in [0, 0.1) is 0 Å². The Labute approximate surface area is 202 Å². The van der Waals surface area contributed by atoms with Gasteiger partial charge in [0.25, 0.3) is 5.91 Å². The van der Waals surface area contributed by atoms with E-state index in [-0.39, 0.29) is 18.9 Å². The van der Waals surface area contributed by atoms with Gasteiger partial charge in [0.05, 0.1) is 12.3 Å². The molecular weight excluding hydrogens is 444 g/mol. The maximum absolute atomic E-state index is 13.1. The molecule has 1 unspecified atom stereocenters. The van der Waals surface area contributed by atoms with Crippen molar-refractivity contribution in [3.8, 4) is 17.2 Å². The summed E-state index contributed by atoms with van der Waals surface area (Å²) in [5.74, 6) is -0.0695. The van der Waals surface area contributed by atoms with E-state index in [0.29, 0.717) is 30.2 Å². The molecule has 5 rings (SSSR count). The van der Waals surface area contributed by atoms with Crippen LogP contribution in [0.3, 0.4) is 0 Å². The lowest BCUT2D eigenvalue weighted by atomic mass is 9.93. The summed E-state index contributed by atoms with van der Waals surface area (Å²) >= 11 is 0. The topological polar surface area (TPSA) is 92.9 Å². The van der Waals surface area contributed by atoms with Crippen LogP contribution in [0.25, 0.3) is 11.5 Å². The zero-order valence-corrected chi connectivity index (χ0v) is 19.0. The Balaban J connectivity index is 1.26. The van der Waals surface area contributed by atoms with Crippen LogP contribution in [0.5, 0.6) is 5.75 Å². The van der Waals surface area contributed by atoms with Gasteiger partial charge < -0.3 is 19.2 Å². The number of carboxylic acid groups (broad SMARTS) is 1. The molecule has 1 aliphatic rings. The Bertz CT molecular complexity index is 1330. The van der Waals surface area contributed by atoms with Crippen LogP contribution in [0.2, 0.25) is 0 Å². The maximum atomic E-state index is 13.1. The number of rotatable bonds is 7. The molecular formula is C28H24N2O5. The molecule has 176 valence electrons. The molecule has 4 aromatic rings. The zero-order chi connectivity index (χ0) is 24.2. The van der Waals surface area contributed by atoms with E-state index in [2.05, 4.69) is 4.98 Å². The van der Waals surface area contributed by atoms with E-state index >= 15 is 0 Å². The molecule has 35 heavy (non-hydrogen) atoms. The molecule has 7 heteroatoms. The predicted octanol–water partition coefficient (Wildman–Crippen LogP) is 4.61. The van der Waals surface area contributed by atoms with Crippen molar-refractivity contribution >= 4 is 11.9 Å². The summed E-state index contributed by atoms with van der Waals surface area (Å²) in [4.78, 5) is 30.9. The highest BCUT2D eigenvalue weighted by molar-refractivity contribution is 5.97. The van der Waals surface area contributed by atoms with Crippen LogP contribution in [-0.2, 0) is 24.2 Å². The first kappa shape index (κ1) is 22.4. The highest BCUT2D eigenvalue weighted by atomic mass is 16.5. The molecule has 0 aliphatic carbocycles. The average Bonchev–Trinajstić information content (AvgIpc) is 3.37. The molecule has 3 aromatic carbocycles. The van der Waals surface area contributed by atoms with Crippen molar-refractivity contribution in [2.75, 3.05) is 6.61 Å². The smallest absolute Gasteiger partial charge is 0.326 e. The number of aliphatic carboxylic acids is 1. The van der Waals surface area contributed by atoms with Crippen molar-refractivity contribution in [1.29, 1.82) is 0 Å². The summed E-state index contributed by atoms with van der Waals surface area (Å²) < 4.78 is 11.5. The number of oxazole rings is 1. The van der Waals surface area contributed by atoms with E-state index in [4.69, 9.17) is 9.15 Å². The minimum atomic E-state index is -1.01. The third-order valence-corrected chi connectivity index (χ3v) is 6.07. The fourth-order valence-electron chi connectivity index (χ4n) is 4.24. The van der Waals surface area contributed by atoms with Crippen molar-refractivity contribution in [3.63, 3.8) is 0 Å². The molecule has 0 fully saturated rings. The van der Waals surface area contributed by atoms with Crippen molar-refractivity contribution in [2.24, 2.45) is 0 Å². The minimum Gasteiger partial charge on any atom is -0.493 e. The summed E-state index contributed by atoms with van der Waals surface area (Å²) in [6, 6.07) is 23.2. The highest BCUT2D eigenvalue weighted by Gasteiger charge is 2.35. The van der Waals surface area contributed by atoms with Crippen LogP contribution >= 0.6 is 0 Å². The van der Waals surface area contributed by atoms with Gasteiger partial charge in [-0.3, -0.25) is 4.79 Å². The molecule has 1 N–H and O–H groups in total. The van der Waals surface area contributed by atoms with Crippen molar-refractivity contribution < 1.29 is 23.8 Å². The van der Waals surface area contributed by atoms with Gasteiger partial charge in [0.2, 0.25) is 5.89 Å². The Kier molecular flexibility index (Phi) is 6.30. The summed E-state index contributed by atoms with van der Waals surface area (Å²) in [5.41, 5.74) is 3.98. The second-order valence-electron chi connectivity index (χ2n) is 8.40. The summed E-state index contributed by atoms with van der Waals surface area (Å²) in [6.45, 7) is 0.616. The second kappa shape index (κ2) is 9.85. The third kappa shape index (κ3) is 4.94. The second-order valence-corrected chi connectivity index (χ2v) is 8.40. The number of benzene rings is 3. The number of hydrogen-bond donors (Lipinski definition) is 1. The van der Waals surface area contributed by atoms with Crippen LogP contribution in [0.1, 0.15) is 27.2 Å². The van der Waals surface area contributed by atoms with Crippen molar-refractivity contribution in [2.45, 2.75) is 25.4 Å². The number of carboxylic acids is 1. The first-order valence-electron chi connectivity index (χ1n) is 11.4. The molecule has 0 spiro atoms. The van der Waals surface area contributed by atoms with Gasteiger partial charge in [0, 0.05) is 30.5 Å². The third-order valence-electron chi connectivity index (χ3n) is 6.07. The van der Waals surface area contributed by atoms with Crippen molar-refractivity contribution in [3.05, 3.63) is 108 Å². The monoisotopic (exact) mass is 468 g/mol. The average molecular weight is 469 g/mol.